The molecule has 0 fully saturated rings. The number of carbonyl (C=O) groups excluding carboxylic acids is 1. The van der Waals surface area contributed by atoms with Gasteiger partial charge in [0.1, 0.15) is 5.75 Å². The lowest BCUT2D eigenvalue weighted by Gasteiger charge is -2.02. The first-order valence-corrected chi connectivity index (χ1v) is 6.06. The van der Waals surface area contributed by atoms with Crippen molar-refractivity contribution in [1.82, 2.24) is 0 Å². The lowest BCUT2D eigenvalue weighted by molar-refractivity contribution is -0.134. The van der Waals surface area contributed by atoms with E-state index in [2.05, 4.69) is 5.38 Å². The van der Waals surface area contributed by atoms with Gasteiger partial charge in [-0.1, -0.05) is 18.2 Å². The van der Waals surface area contributed by atoms with Crippen LogP contribution in [0, 0.1) is 0 Å². The van der Waals surface area contributed by atoms with Gasteiger partial charge in [-0.2, -0.15) is 11.3 Å². The van der Waals surface area contributed by atoms with Crippen molar-refractivity contribution in [3.8, 4) is 5.75 Å². The standard InChI is InChI=1S/C13H12O2S/c14-13(7-6-11-8-9-16-10-11)15-12-4-2-1-3-5-12/h1-5,8-10H,6-7H2. The van der Waals surface area contributed by atoms with Crippen LogP contribution in [-0.2, 0) is 11.2 Å². The second-order valence-electron chi connectivity index (χ2n) is 3.42. The molecule has 0 saturated heterocycles. The summed E-state index contributed by atoms with van der Waals surface area (Å²) in [4.78, 5) is 11.5. The Kier molecular flexibility index (Phi) is 3.72. The molecule has 0 saturated carbocycles. The Morgan fingerprint density at radius 1 is 1.19 bits per heavy atom. The molecule has 1 aromatic carbocycles. The lowest BCUT2D eigenvalue weighted by Crippen LogP contribution is -2.08. The first-order chi connectivity index (χ1) is 7.84. The molecule has 2 nitrogen and oxygen atoms in total. The van der Waals surface area contributed by atoms with E-state index >= 15 is 0 Å². The fourth-order valence-electron chi connectivity index (χ4n) is 1.35. The molecule has 1 heterocycles. The second kappa shape index (κ2) is 5.47. The minimum atomic E-state index is -0.183. The highest BCUT2D eigenvalue weighted by molar-refractivity contribution is 7.07. The molecule has 0 aliphatic rings. The molecule has 0 aliphatic carbocycles. The molecule has 0 aliphatic heterocycles. The Balaban J connectivity index is 1.81. The summed E-state index contributed by atoms with van der Waals surface area (Å²) in [6.07, 6.45) is 1.17. The van der Waals surface area contributed by atoms with Gasteiger partial charge < -0.3 is 4.74 Å². The van der Waals surface area contributed by atoms with E-state index in [-0.39, 0.29) is 5.97 Å². The maximum absolute atomic E-state index is 11.5. The molecule has 82 valence electrons. The van der Waals surface area contributed by atoms with Gasteiger partial charge in [-0.15, -0.1) is 0 Å². The van der Waals surface area contributed by atoms with E-state index in [0.717, 1.165) is 6.42 Å². The first-order valence-electron chi connectivity index (χ1n) is 5.11. The normalized spacial score (nSPS) is 10.0. The van der Waals surface area contributed by atoms with Crippen molar-refractivity contribution >= 4 is 17.3 Å². The third-order valence-electron chi connectivity index (χ3n) is 2.17. The summed E-state index contributed by atoms with van der Waals surface area (Å²) in [5, 5.41) is 4.06. The zero-order chi connectivity index (χ0) is 11.2. The average Bonchev–Trinajstić information content (AvgIpc) is 2.81. The third kappa shape index (κ3) is 3.21. The molecule has 0 unspecified atom stereocenters. The van der Waals surface area contributed by atoms with Gasteiger partial charge in [0.15, 0.2) is 0 Å². The summed E-state index contributed by atoms with van der Waals surface area (Å²) in [6.45, 7) is 0. The molecule has 0 atom stereocenters. The van der Waals surface area contributed by atoms with E-state index in [1.54, 1.807) is 23.5 Å². The Bertz CT molecular complexity index is 434. The van der Waals surface area contributed by atoms with Crippen LogP contribution in [0.5, 0.6) is 5.75 Å². The molecule has 1 aromatic heterocycles. The summed E-state index contributed by atoms with van der Waals surface area (Å²) >= 11 is 1.64. The molecule has 3 heteroatoms. The van der Waals surface area contributed by atoms with E-state index in [9.17, 15) is 4.79 Å². The zero-order valence-electron chi connectivity index (χ0n) is 8.76. The zero-order valence-corrected chi connectivity index (χ0v) is 9.57. The largest absolute Gasteiger partial charge is 0.427 e. The minimum Gasteiger partial charge on any atom is -0.427 e. The van der Waals surface area contributed by atoms with Gasteiger partial charge in [-0.3, -0.25) is 4.79 Å². The predicted molar refractivity (Wildman–Crippen MR) is 64.7 cm³/mol. The van der Waals surface area contributed by atoms with Crippen molar-refractivity contribution in [2.45, 2.75) is 12.8 Å². The number of hydrogen-bond donors (Lipinski definition) is 0. The van der Waals surface area contributed by atoms with Crippen molar-refractivity contribution in [3.63, 3.8) is 0 Å². The highest BCUT2D eigenvalue weighted by Gasteiger charge is 2.04. The number of esters is 1. The van der Waals surface area contributed by atoms with Gasteiger partial charge in [-0.25, -0.2) is 0 Å². The summed E-state index contributed by atoms with van der Waals surface area (Å²) in [6, 6.07) is 11.2. The molecule has 2 rings (SSSR count). The van der Waals surface area contributed by atoms with Crippen LogP contribution >= 0.6 is 11.3 Å². The van der Waals surface area contributed by atoms with Gasteiger partial charge in [0, 0.05) is 0 Å². The van der Waals surface area contributed by atoms with Crippen LogP contribution in [0.15, 0.2) is 47.2 Å². The van der Waals surface area contributed by atoms with Gasteiger partial charge >= 0.3 is 5.97 Å². The lowest BCUT2D eigenvalue weighted by atomic mass is 10.2. The summed E-state index contributed by atoms with van der Waals surface area (Å²) in [7, 11) is 0. The molecule has 0 radical (unpaired) electrons. The average molecular weight is 232 g/mol. The number of ether oxygens (including phenoxy) is 1. The van der Waals surface area contributed by atoms with E-state index < -0.39 is 0 Å². The highest BCUT2D eigenvalue weighted by Crippen LogP contribution is 2.12. The third-order valence-corrected chi connectivity index (χ3v) is 2.90. The van der Waals surface area contributed by atoms with Gasteiger partial charge in [0.25, 0.3) is 0 Å². The predicted octanol–water partition coefficient (Wildman–Crippen LogP) is 3.29. The number of benzene rings is 1. The number of rotatable bonds is 4. The fourth-order valence-corrected chi connectivity index (χ4v) is 2.06. The Morgan fingerprint density at radius 2 is 2.00 bits per heavy atom. The van der Waals surface area contributed by atoms with Crippen molar-refractivity contribution in [2.75, 3.05) is 0 Å². The SMILES string of the molecule is O=C(CCc1ccsc1)Oc1ccccc1. The number of thiophene rings is 1. The Labute approximate surface area is 98.5 Å². The number of carbonyl (C=O) groups is 1. The van der Waals surface area contributed by atoms with Crippen LogP contribution in [0.4, 0.5) is 0 Å². The van der Waals surface area contributed by atoms with Crippen LogP contribution in [0.3, 0.4) is 0 Å². The minimum absolute atomic E-state index is 0.183. The molecule has 0 bridgehead atoms. The van der Waals surface area contributed by atoms with Crippen molar-refractivity contribution in [2.24, 2.45) is 0 Å². The van der Waals surface area contributed by atoms with E-state index in [1.165, 1.54) is 5.56 Å². The summed E-state index contributed by atoms with van der Waals surface area (Å²) in [5.41, 5.74) is 1.19. The molecular formula is C13H12O2S. The maximum Gasteiger partial charge on any atom is 0.311 e. The highest BCUT2D eigenvalue weighted by atomic mass is 32.1. The Morgan fingerprint density at radius 3 is 2.69 bits per heavy atom. The monoisotopic (exact) mass is 232 g/mol. The summed E-state index contributed by atoms with van der Waals surface area (Å²) < 4.78 is 5.18. The molecule has 16 heavy (non-hydrogen) atoms. The molecule has 0 N–H and O–H groups in total. The summed E-state index contributed by atoms with van der Waals surface area (Å²) in [5.74, 6) is 0.426. The van der Waals surface area contributed by atoms with Crippen molar-refractivity contribution in [1.29, 1.82) is 0 Å². The van der Waals surface area contributed by atoms with Crippen LogP contribution in [0.2, 0.25) is 0 Å². The first kappa shape index (κ1) is 10.9. The molecule has 0 spiro atoms. The quantitative estimate of drug-likeness (QED) is 0.597. The molecule has 2 aromatic rings. The van der Waals surface area contributed by atoms with E-state index in [0.29, 0.717) is 12.2 Å². The maximum atomic E-state index is 11.5. The van der Waals surface area contributed by atoms with Crippen LogP contribution in [-0.4, -0.2) is 5.97 Å². The molecule has 0 amide bonds. The smallest absolute Gasteiger partial charge is 0.311 e. The van der Waals surface area contributed by atoms with Crippen LogP contribution in [0.1, 0.15) is 12.0 Å². The number of para-hydroxylation sites is 1. The van der Waals surface area contributed by atoms with Gasteiger partial charge in [0.2, 0.25) is 0 Å². The van der Waals surface area contributed by atoms with Gasteiger partial charge in [-0.05, 0) is 40.9 Å². The van der Waals surface area contributed by atoms with Crippen molar-refractivity contribution in [3.05, 3.63) is 52.7 Å². The van der Waals surface area contributed by atoms with E-state index in [1.807, 2.05) is 29.6 Å². The number of hydrogen-bond acceptors (Lipinski definition) is 3. The second-order valence-corrected chi connectivity index (χ2v) is 4.20. The van der Waals surface area contributed by atoms with Gasteiger partial charge in [0.05, 0.1) is 6.42 Å². The Hall–Kier alpha value is -1.61. The van der Waals surface area contributed by atoms with E-state index in [4.69, 9.17) is 4.74 Å². The fraction of sp³-hybridized carbons (Fsp3) is 0.154. The number of aryl methyl sites for hydroxylation is 1. The van der Waals surface area contributed by atoms with Crippen LogP contribution in [0.25, 0.3) is 0 Å². The van der Waals surface area contributed by atoms with Crippen LogP contribution < -0.4 is 4.74 Å². The molecular weight excluding hydrogens is 220 g/mol. The van der Waals surface area contributed by atoms with Crippen molar-refractivity contribution < 1.29 is 9.53 Å². The topological polar surface area (TPSA) is 26.3 Å².